The summed E-state index contributed by atoms with van der Waals surface area (Å²) in [6.07, 6.45) is 1.87. The van der Waals surface area contributed by atoms with E-state index < -0.39 is 0 Å². The van der Waals surface area contributed by atoms with Crippen molar-refractivity contribution in [3.63, 3.8) is 0 Å². The van der Waals surface area contributed by atoms with E-state index in [1.165, 1.54) is 21.6 Å². The van der Waals surface area contributed by atoms with E-state index in [1.807, 2.05) is 24.3 Å². The van der Waals surface area contributed by atoms with Crippen LogP contribution in [0.15, 0.2) is 60.7 Å². The molecule has 0 radical (unpaired) electrons. The van der Waals surface area contributed by atoms with Crippen molar-refractivity contribution in [3.05, 3.63) is 88.5 Å². The summed E-state index contributed by atoms with van der Waals surface area (Å²) >= 11 is 0. The van der Waals surface area contributed by atoms with Gasteiger partial charge in [0.15, 0.2) is 11.5 Å². The molecule has 0 atom stereocenters. The van der Waals surface area contributed by atoms with Crippen LogP contribution in [0.2, 0.25) is 0 Å². The molecule has 3 aromatic carbocycles. The molecule has 2 amide bonds. The van der Waals surface area contributed by atoms with Crippen LogP contribution in [-0.4, -0.2) is 44.0 Å². The molecule has 0 aromatic heterocycles. The highest BCUT2D eigenvalue weighted by Crippen LogP contribution is 2.33. The number of hydrogen-bond donors (Lipinski definition) is 0. The van der Waals surface area contributed by atoms with Crippen molar-refractivity contribution < 1.29 is 19.1 Å². The van der Waals surface area contributed by atoms with E-state index in [4.69, 9.17) is 9.47 Å². The first-order valence-corrected chi connectivity index (χ1v) is 11.1. The Kier molecular flexibility index (Phi) is 5.60. The molecule has 6 heteroatoms. The molecule has 2 aliphatic rings. The van der Waals surface area contributed by atoms with Crippen molar-refractivity contribution in [2.45, 2.75) is 19.4 Å². The Labute approximate surface area is 193 Å². The monoisotopic (exact) mass is 442 g/mol. The van der Waals surface area contributed by atoms with Crippen molar-refractivity contribution in [1.82, 2.24) is 4.90 Å². The lowest BCUT2D eigenvalue weighted by Gasteiger charge is -2.29. The van der Waals surface area contributed by atoms with Gasteiger partial charge in [0.1, 0.15) is 0 Å². The Bertz CT molecular complexity index is 1180. The van der Waals surface area contributed by atoms with Crippen molar-refractivity contribution in [2.75, 3.05) is 32.2 Å². The maximum absolute atomic E-state index is 12.7. The first kappa shape index (κ1) is 21.2. The molecule has 0 aliphatic carbocycles. The fourth-order valence-corrected chi connectivity index (χ4v) is 4.66. The van der Waals surface area contributed by atoms with E-state index >= 15 is 0 Å². The van der Waals surface area contributed by atoms with E-state index in [9.17, 15) is 9.59 Å². The smallest absolute Gasteiger partial charge is 0.266 e. The van der Waals surface area contributed by atoms with Gasteiger partial charge in [-0.25, -0.2) is 4.90 Å². The number of nitrogens with zero attached hydrogens (tertiary/aromatic N) is 2. The van der Waals surface area contributed by atoms with Crippen LogP contribution in [0.1, 0.15) is 37.4 Å². The number of carbonyl (C=O) groups excluding carboxylic acids is 2. The molecule has 3 aromatic rings. The normalized spacial score (nSPS) is 15.4. The number of amides is 2. The molecule has 6 nitrogen and oxygen atoms in total. The number of carbonyl (C=O) groups is 2. The second-order valence-corrected chi connectivity index (χ2v) is 8.41. The summed E-state index contributed by atoms with van der Waals surface area (Å²) < 4.78 is 10.9. The van der Waals surface area contributed by atoms with Crippen LogP contribution >= 0.6 is 0 Å². The summed E-state index contributed by atoms with van der Waals surface area (Å²) in [6.45, 7) is 2.80. The Balaban J connectivity index is 1.23. The van der Waals surface area contributed by atoms with Crippen LogP contribution < -0.4 is 14.4 Å². The first-order chi connectivity index (χ1) is 16.1. The van der Waals surface area contributed by atoms with Crippen LogP contribution in [-0.2, 0) is 19.4 Å². The van der Waals surface area contributed by atoms with E-state index in [0.29, 0.717) is 16.8 Å². The highest BCUT2D eigenvalue weighted by molar-refractivity contribution is 6.34. The molecule has 5 rings (SSSR count). The highest BCUT2D eigenvalue weighted by Gasteiger charge is 2.36. The minimum Gasteiger partial charge on any atom is -0.493 e. The second kappa shape index (κ2) is 8.71. The van der Waals surface area contributed by atoms with E-state index in [-0.39, 0.29) is 11.8 Å². The number of imide groups is 1. The first-order valence-electron chi connectivity index (χ1n) is 11.1. The molecule has 2 heterocycles. The molecule has 168 valence electrons. The lowest BCUT2D eigenvalue weighted by atomic mass is 9.98. The minimum absolute atomic E-state index is 0.262. The molecule has 0 unspecified atom stereocenters. The molecule has 0 fully saturated rings. The van der Waals surface area contributed by atoms with Crippen molar-refractivity contribution in [3.8, 4) is 11.5 Å². The number of fused-ring (bicyclic) bond motifs is 2. The average molecular weight is 443 g/mol. The van der Waals surface area contributed by atoms with Crippen molar-refractivity contribution in [2.24, 2.45) is 0 Å². The van der Waals surface area contributed by atoms with Crippen LogP contribution in [0, 0.1) is 0 Å². The van der Waals surface area contributed by atoms with Gasteiger partial charge in [0, 0.05) is 19.6 Å². The van der Waals surface area contributed by atoms with Gasteiger partial charge in [0.2, 0.25) is 0 Å². The number of methoxy groups -OCH3 is 2. The summed E-state index contributed by atoms with van der Waals surface area (Å²) in [5.74, 6) is 1.02. The van der Waals surface area contributed by atoms with Crippen molar-refractivity contribution in [1.29, 1.82) is 0 Å². The molecular formula is C27H26N2O4. The maximum atomic E-state index is 12.7. The van der Waals surface area contributed by atoms with Gasteiger partial charge in [0.05, 0.1) is 31.0 Å². The van der Waals surface area contributed by atoms with Gasteiger partial charge in [-0.3, -0.25) is 14.5 Å². The Morgan fingerprint density at radius 2 is 1.42 bits per heavy atom. The predicted octanol–water partition coefficient (Wildman–Crippen LogP) is 4.11. The Hall–Kier alpha value is -3.64. The molecule has 0 saturated heterocycles. The van der Waals surface area contributed by atoms with Gasteiger partial charge < -0.3 is 9.47 Å². The SMILES string of the molecule is COc1cc2c(cc1OC)CN(CCc1ccc(N3C(=O)c4ccccc4C3=O)cc1)CC2. The van der Waals surface area contributed by atoms with Crippen LogP contribution in [0.5, 0.6) is 11.5 Å². The summed E-state index contributed by atoms with van der Waals surface area (Å²) in [5, 5.41) is 0. The van der Waals surface area contributed by atoms with Crippen molar-refractivity contribution >= 4 is 17.5 Å². The van der Waals surface area contributed by atoms with Crippen LogP contribution in [0.25, 0.3) is 0 Å². The number of rotatable bonds is 6. The molecule has 33 heavy (non-hydrogen) atoms. The van der Waals surface area contributed by atoms with Gasteiger partial charge in [0.25, 0.3) is 11.8 Å². The second-order valence-electron chi connectivity index (χ2n) is 8.41. The van der Waals surface area contributed by atoms with E-state index in [0.717, 1.165) is 44.0 Å². The maximum Gasteiger partial charge on any atom is 0.266 e. The average Bonchev–Trinajstić information content (AvgIpc) is 3.12. The van der Waals surface area contributed by atoms with Crippen LogP contribution in [0.4, 0.5) is 5.69 Å². The predicted molar refractivity (Wildman–Crippen MR) is 126 cm³/mol. The minimum atomic E-state index is -0.262. The number of anilines is 1. The lowest BCUT2D eigenvalue weighted by molar-refractivity contribution is 0.0926. The van der Waals surface area contributed by atoms with E-state index in [2.05, 4.69) is 17.0 Å². The zero-order chi connectivity index (χ0) is 22.9. The zero-order valence-corrected chi connectivity index (χ0v) is 18.8. The molecular weight excluding hydrogens is 416 g/mol. The molecule has 0 N–H and O–H groups in total. The van der Waals surface area contributed by atoms with E-state index in [1.54, 1.807) is 38.5 Å². The molecule has 2 aliphatic heterocycles. The van der Waals surface area contributed by atoms with Gasteiger partial charge >= 0.3 is 0 Å². The largest absolute Gasteiger partial charge is 0.493 e. The quantitative estimate of drug-likeness (QED) is 0.538. The third kappa shape index (κ3) is 3.87. The third-order valence-electron chi connectivity index (χ3n) is 6.50. The topological polar surface area (TPSA) is 59.1 Å². The Morgan fingerprint density at radius 1 is 0.818 bits per heavy atom. The number of ether oxygens (including phenoxy) is 2. The van der Waals surface area contributed by atoms with Gasteiger partial charge in [-0.05, 0) is 65.9 Å². The summed E-state index contributed by atoms with van der Waals surface area (Å²) in [5.41, 5.74) is 5.30. The standard InChI is InChI=1S/C27H26N2O4/c1-32-24-15-19-12-14-28(17-20(19)16-25(24)33-2)13-11-18-7-9-21(10-8-18)29-26(30)22-5-3-4-6-23(22)27(29)31/h3-10,15-16H,11-14,17H2,1-2H3. The lowest BCUT2D eigenvalue weighted by Crippen LogP contribution is -2.32. The molecule has 0 bridgehead atoms. The fraction of sp³-hybridized carbons (Fsp3) is 0.259. The van der Waals surface area contributed by atoms with Gasteiger partial charge in [-0.2, -0.15) is 0 Å². The Morgan fingerprint density at radius 3 is 2.03 bits per heavy atom. The summed E-state index contributed by atoms with van der Waals surface area (Å²) in [4.78, 5) is 29.1. The summed E-state index contributed by atoms with van der Waals surface area (Å²) in [7, 11) is 3.33. The fourth-order valence-electron chi connectivity index (χ4n) is 4.66. The summed E-state index contributed by atoms with van der Waals surface area (Å²) in [6, 6.07) is 18.9. The molecule has 0 saturated carbocycles. The highest BCUT2D eigenvalue weighted by atomic mass is 16.5. The zero-order valence-electron chi connectivity index (χ0n) is 18.8. The van der Waals surface area contributed by atoms with Gasteiger partial charge in [-0.15, -0.1) is 0 Å². The van der Waals surface area contributed by atoms with Crippen LogP contribution in [0.3, 0.4) is 0 Å². The number of hydrogen-bond acceptors (Lipinski definition) is 5. The third-order valence-corrected chi connectivity index (χ3v) is 6.50. The number of benzene rings is 3. The molecule has 0 spiro atoms. The van der Waals surface area contributed by atoms with Gasteiger partial charge in [-0.1, -0.05) is 24.3 Å².